The monoisotopic (exact) mass is 269 g/mol. The standard InChI is InChI=1S/C12H19N3O2S/c1-5-7(2)18-6-9-14-8(3)10(11(13)15-9)12(16)17-4/h7H,5-6H2,1-4H3,(H2,13,14,15). The number of carbonyl (C=O) groups is 1. The van der Waals surface area contributed by atoms with E-state index in [-0.39, 0.29) is 11.4 Å². The molecule has 0 amide bonds. The fourth-order valence-corrected chi connectivity index (χ4v) is 2.21. The molecule has 0 saturated heterocycles. The van der Waals surface area contributed by atoms with E-state index in [1.54, 1.807) is 18.7 Å². The number of nitrogen functional groups attached to an aromatic ring is 1. The second kappa shape index (κ2) is 6.58. The van der Waals surface area contributed by atoms with Gasteiger partial charge in [-0.15, -0.1) is 0 Å². The van der Waals surface area contributed by atoms with Crippen molar-refractivity contribution in [2.24, 2.45) is 0 Å². The molecule has 1 aromatic rings. The number of hydrogen-bond acceptors (Lipinski definition) is 6. The number of rotatable bonds is 5. The Hall–Kier alpha value is -1.30. The third-order valence-corrected chi connectivity index (χ3v) is 3.95. The smallest absolute Gasteiger partial charge is 0.343 e. The number of methoxy groups -OCH3 is 1. The lowest BCUT2D eigenvalue weighted by Crippen LogP contribution is -2.13. The molecule has 0 aliphatic heterocycles. The van der Waals surface area contributed by atoms with Crippen molar-refractivity contribution >= 4 is 23.5 Å². The lowest BCUT2D eigenvalue weighted by atomic mass is 10.2. The van der Waals surface area contributed by atoms with E-state index in [4.69, 9.17) is 5.73 Å². The number of nitrogens with zero attached hydrogens (tertiary/aromatic N) is 2. The topological polar surface area (TPSA) is 78.1 Å². The highest BCUT2D eigenvalue weighted by Crippen LogP contribution is 2.20. The molecule has 0 spiro atoms. The van der Waals surface area contributed by atoms with E-state index in [0.29, 0.717) is 22.5 Å². The average Bonchev–Trinajstić information content (AvgIpc) is 2.34. The van der Waals surface area contributed by atoms with Crippen LogP contribution >= 0.6 is 11.8 Å². The molecule has 5 nitrogen and oxygen atoms in total. The van der Waals surface area contributed by atoms with Gasteiger partial charge in [0.15, 0.2) is 0 Å². The molecule has 1 heterocycles. The minimum atomic E-state index is -0.494. The number of hydrogen-bond donors (Lipinski definition) is 1. The lowest BCUT2D eigenvalue weighted by molar-refractivity contribution is 0.0600. The van der Waals surface area contributed by atoms with Crippen LogP contribution < -0.4 is 5.73 Å². The van der Waals surface area contributed by atoms with Gasteiger partial charge in [0.2, 0.25) is 0 Å². The zero-order valence-corrected chi connectivity index (χ0v) is 12.0. The predicted octanol–water partition coefficient (Wildman–Crippen LogP) is 2.19. The molecule has 0 aliphatic rings. The molecular weight excluding hydrogens is 250 g/mol. The van der Waals surface area contributed by atoms with E-state index in [9.17, 15) is 4.79 Å². The molecule has 0 bridgehead atoms. The first-order valence-corrected chi connectivity index (χ1v) is 6.87. The second-order valence-corrected chi connectivity index (χ2v) is 5.43. The van der Waals surface area contributed by atoms with Gasteiger partial charge in [-0.05, 0) is 13.3 Å². The van der Waals surface area contributed by atoms with Crippen LogP contribution in [0, 0.1) is 6.92 Å². The molecule has 0 fully saturated rings. The van der Waals surface area contributed by atoms with Crippen LogP contribution in [-0.2, 0) is 10.5 Å². The number of thioether (sulfide) groups is 1. The molecule has 0 saturated carbocycles. The number of nitrogens with two attached hydrogens (primary N) is 1. The van der Waals surface area contributed by atoms with Crippen LogP contribution in [0.3, 0.4) is 0 Å². The Morgan fingerprint density at radius 1 is 1.50 bits per heavy atom. The summed E-state index contributed by atoms with van der Waals surface area (Å²) in [7, 11) is 1.31. The normalized spacial score (nSPS) is 12.2. The highest BCUT2D eigenvalue weighted by Gasteiger charge is 2.17. The first kappa shape index (κ1) is 14.8. The molecule has 18 heavy (non-hydrogen) atoms. The number of ether oxygens (including phenoxy) is 1. The first-order chi connectivity index (χ1) is 8.49. The lowest BCUT2D eigenvalue weighted by Gasteiger charge is -2.10. The van der Waals surface area contributed by atoms with Crippen LogP contribution in [0.5, 0.6) is 0 Å². The summed E-state index contributed by atoms with van der Waals surface area (Å²) >= 11 is 1.77. The number of aromatic nitrogens is 2. The van der Waals surface area contributed by atoms with Crippen molar-refractivity contribution in [1.29, 1.82) is 0 Å². The minimum absolute atomic E-state index is 0.189. The SMILES string of the molecule is CCC(C)SCc1nc(C)c(C(=O)OC)c(N)n1. The van der Waals surface area contributed by atoms with Gasteiger partial charge in [0.25, 0.3) is 0 Å². The molecule has 1 atom stereocenters. The fraction of sp³-hybridized carbons (Fsp3) is 0.583. The van der Waals surface area contributed by atoms with Gasteiger partial charge in [0, 0.05) is 5.25 Å². The quantitative estimate of drug-likeness (QED) is 0.825. The largest absolute Gasteiger partial charge is 0.465 e. The van der Waals surface area contributed by atoms with Crippen molar-refractivity contribution in [3.05, 3.63) is 17.1 Å². The highest BCUT2D eigenvalue weighted by atomic mass is 32.2. The Bertz CT molecular complexity index is 414. The van der Waals surface area contributed by atoms with E-state index in [1.807, 2.05) is 0 Å². The van der Waals surface area contributed by atoms with Gasteiger partial charge in [0.1, 0.15) is 17.2 Å². The Labute approximate surface area is 112 Å². The summed E-state index contributed by atoms with van der Waals surface area (Å²) in [6.07, 6.45) is 1.10. The summed E-state index contributed by atoms with van der Waals surface area (Å²) in [6, 6.07) is 0. The summed E-state index contributed by atoms with van der Waals surface area (Å²) in [4.78, 5) is 19.9. The molecular formula is C12H19N3O2S. The van der Waals surface area contributed by atoms with Gasteiger partial charge in [-0.2, -0.15) is 11.8 Å². The molecule has 1 rings (SSSR count). The van der Waals surface area contributed by atoms with Gasteiger partial charge in [-0.3, -0.25) is 0 Å². The molecule has 0 radical (unpaired) electrons. The Kier molecular flexibility index (Phi) is 5.40. The van der Waals surface area contributed by atoms with Crippen molar-refractivity contribution in [3.8, 4) is 0 Å². The number of aryl methyl sites for hydroxylation is 1. The van der Waals surface area contributed by atoms with Crippen LogP contribution in [0.4, 0.5) is 5.82 Å². The maximum atomic E-state index is 11.5. The van der Waals surface area contributed by atoms with Crippen LogP contribution in [0.15, 0.2) is 0 Å². The average molecular weight is 269 g/mol. The van der Waals surface area contributed by atoms with Crippen molar-refractivity contribution in [2.45, 2.75) is 38.2 Å². The van der Waals surface area contributed by atoms with E-state index >= 15 is 0 Å². The summed E-state index contributed by atoms with van der Waals surface area (Å²) in [5.41, 5.74) is 6.60. The van der Waals surface area contributed by atoms with Crippen molar-refractivity contribution < 1.29 is 9.53 Å². The van der Waals surface area contributed by atoms with Gasteiger partial charge >= 0.3 is 5.97 Å². The minimum Gasteiger partial charge on any atom is -0.465 e. The third kappa shape index (κ3) is 3.60. The molecule has 1 unspecified atom stereocenters. The first-order valence-electron chi connectivity index (χ1n) is 5.82. The number of esters is 1. The van der Waals surface area contributed by atoms with Crippen LogP contribution in [-0.4, -0.2) is 28.3 Å². The van der Waals surface area contributed by atoms with Gasteiger partial charge in [0.05, 0.1) is 18.6 Å². The van der Waals surface area contributed by atoms with Crippen molar-refractivity contribution in [3.63, 3.8) is 0 Å². The Balaban J connectivity index is 2.89. The molecule has 6 heteroatoms. The third-order valence-electron chi connectivity index (χ3n) is 2.63. The summed E-state index contributed by atoms with van der Waals surface area (Å²) in [5.74, 6) is 1.05. The maximum absolute atomic E-state index is 11.5. The van der Waals surface area contributed by atoms with Crippen LogP contribution in [0.1, 0.15) is 42.1 Å². The summed E-state index contributed by atoms with van der Waals surface area (Å²) in [6.45, 7) is 6.03. The van der Waals surface area contributed by atoms with E-state index in [0.717, 1.165) is 6.42 Å². The molecule has 100 valence electrons. The van der Waals surface area contributed by atoms with Gasteiger partial charge < -0.3 is 10.5 Å². The zero-order valence-electron chi connectivity index (χ0n) is 11.2. The zero-order chi connectivity index (χ0) is 13.7. The van der Waals surface area contributed by atoms with E-state index in [1.165, 1.54) is 7.11 Å². The number of carbonyl (C=O) groups excluding carboxylic acids is 1. The van der Waals surface area contributed by atoms with E-state index < -0.39 is 5.97 Å². The van der Waals surface area contributed by atoms with Crippen molar-refractivity contribution in [2.75, 3.05) is 12.8 Å². The second-order valence-electron chi connectivity index (χ2n) is 4.01. The Morgan fingerprint density at radius 2 is 2.17 bits per heavy atom. The molecule has 2 N–H and O–H groups in total. The summed E-state index contributed by atoms with van der Waals surface area (Å²) < 4.78 is 4.65. The summed E-state index contributed by atoms with van der Waals surface area (Å²) in [5, 5.41) is 0.551. The van der Waals surface area contributed by atoms with Gasteiger partial charge in [-0.1, -0.05) is 13.8 Å². The number of anilines is 1. The van der Waals surface area contributed by atoms with Crippen LogP contribution in [0.25, 0.3) is 0 Å². The van der Waals surface area contributed by atoms with Gasteiger partial charge in [-0.25, -0.2) is 14.8 Å². The highest BCUT2D eigenvalue weighted by molar-refractivity contribution is 7.99. The predicted molar refractivity (Wildman–Crippen MR) is 73.6 cm³/mol. The van der Waals surface area contributed by atoms with E-state index in [2.05, 4.69) is 28.6 Å². The van der Waals surface area contributed by atoms with Crippen molar-refractivity contribution in [1.82, 2.24) is 9.97 Å². The molecule has 1 aromatic heterocycles. The maximum Gasteiger partial charge on any atom is 0.343 e. The molecule has 0 aliphatic carbocycles. The fourth-order valence-electron chi connectivity index (χ4n) is 1.41. The Morgan fingerprint density at radius 3 is 2.67 bits per heavy atom. The van der Waals surface area contributed by atoms with Crippen LogP contribution in [0.2, 0.25) is 0 Å². The molecule has 0 aromatic carbocycles.